The standard InChI is InChI=1S/C12H10BrN3O2S/c13-8-1-2-9-10(5-8)16(6-11(17)15-9)12(18)7-19-4-3-14/h1-2,5H,4,6-7H2,(H,15,17). The van der Waals surface area contributed by atoms with Gasteiger partial charge in [-0.15, -0.1) is 11.8 Å². The Morgan fingerprint density at radius 2 is 2.37 bits per heavy atom. The fourth-order valence-electron chi connectivity index (χ4n) is 1.74. The number of hydrogen-bond donors (Lipinski definition) is 1. The molecule has 0 fully saturated rings. The zero-order valence-electron chi connectivity index (χ0n) is 9.85. The highest BCUT2D eigenvalue weighted by atomic mass is 79.9. The van der Waals surface area contributed by atoms with E-state index >= 15 is 0 Å². The fraction of sp³-hybridized carbons (Fsp3) is 0.250. The maximum atomic E-state index is 12.1. The largest absolute Gasteiger partial charge is 0.323 e. The normalized spacial score (nSPS) is 13.5. The minimum Gasteiger partial charge on any atom is -0.323 e. The number of hydrogen-bond acceptors (Lipinski definition) is 4. The molecule has 1 aromatic carbocycles. The third-order valence-corrected chi connectivity index (χ3v) is 3.80. The molecule has 2 amide bonds. The number of nitrogens with zero attached hydrogens (tertiary/aromatic N) is 2. The van der Waals surface area contributed by atoms with Crippen molar-refractivity contribution < 1.29 is 9.59 Å². The van der Waals surface area contributed by atoms with Crippen molar-refractivity contribution in [1.82, 2.24) is 0 Å². The molecule has 1 aromatic rings. The van der Waals surface area contributed by atoms with Crippen molar-refractivity contribution in [3.63, 3.8) is 0 Å². The molecule has 1 heterocycles. The van der Waals surface area contributed by atoms with Gasteiger partial charge in [0.25, 0.3) is 0 Å². The number of rotatable bonds is 3. The summed E-state index contributed by atoms with van der Waals surface area (Å²) in [6.45, 7) is 0.00933. The first-order chi connectivity index (χ1) is 9.11. The molecule has 5 nitrogen and oxygen atoms in total. The Morgan fingerprint density at radius 3 is 3.11 bits per heavy atom. The summed E-state index contributed by atoms with van der Waals surface area (Å²) < 4.78 is 0.838. The lowest BCUT2D eigenvalue weighted by molar-refractivity contribution is -0.120. The van der Waals surface area contributed by atoms with E-state index in [2.05, 4.69) is 21.2 Å². The molecule has 1 aliphatic rings. The van der Waals surface area contributed by atoms with Crippen molar-refractivity contribution in [1.29, 1.82) is 5.26 Å². The number of anilines is 2. The van der Waals surface area contributed by atoms with Gasteiger partial charge in [-0.3, -0.25) is 9.59 Å². The molecule has 0 unspecified atom stereocenters. The second-order valence-corrected chi connectivity index (χ2v) is 5.74. The molecule has 0 spiro atoms. The molecule has 0 saturated heterocycles. The van der Waals surface area contributed by atoms with Gasteiger partial charge in [-0.2, -0.15) is 5.26 Å². The number of thioether (sulfide) groups is 1. The minimum atomic E-state index is -0.214. The minimum absolute atomic E-state index is 0.00933. The summed E-state index contributed by atoms with van der Waals surface area (Å²) in [7, 11) is 0. The van der Waals surface area contributed by atoms with E-state index in [0.29, 0.717) is 11.4 Å². The second kappa shape index (κ2) is 6.08. The third kappa shape index (κ3) is 3.28. The maximum Gasteiger partial charge on any atom is 0.244 e. The average Bonchev–Trinajstić information content (AvgIpc) is 2.38. The lowest BCUT2D eigenvalue weighted by Gasteiger charge is -2.29. The summed E-state index contributed by atoms with van der Waals surface area (Å²) in [5, 5.41) is 11.2. The molecule has 0 aromatic heterocycles. The van der Waals surface area contributed by atoms with E-state index in [4.69, 9.17) is 5.26 Å². The van der Waals surface area contributed by atoms with Crippen LogP contribution in [0.5, 0.6) is 0 Å². The molecule has 0 saturated carbocycles. The van der Waals surface area contributed by atoms with Crippen molar-refractivity contribution in [3.05, 3.63) is 22.7 Å². The number of amides is 2. The summed E-state index contributed by atoms with van der Waals surface area (Å²) in [6, 6.07) is 7.31. The Hall–Kier alpha value is -1.52. The Balaban J connectivity index is 2.22. The van der Waals surface area contributed by atoms with Crippen LogP contribution in [0.15, 0.2) is 22.7 Å². The Kier molecular flexibility index (Phi) is 4.45. The highest BCUT2D eigenvalue weighted by molar-refractivity contribution is 9.10. The van der Waals surface area contributed by atoms with E-state index in [1.807, 2.05) is 6.07 Å². The first-order valence-corrected chi connectivity index (χ1v) is 7.41. The van der Waals surface area contributed by atoms with Crippen LogP contribution in [-0.2, 0) is 9.59 Å². The van der Waals surface area contributed by atoms with Gasteiger partial charge in [-0.25, -0.2) is 0 Å². The molecule has 0 radical (unpaired) electrons. The van der Waals surface area contributed by atoms with Gasteiger partial charge in [0, 0.05) is 4.47 Å². The van der Waals surface area contributed by atoms with Crippen LogP contribution in [0.25, 0.3) is 0 Å². The lowest BCUT2D eigenvalue weighted by Crippen LogP contribution is -2.43. The second-order valence-electron chi connectivity index (χ2n) is 3.84. The summed E-state index contributed by atoms with van der Waals surface area (Å²) in [5.74, 6) is 0.0621. The van der Waals surface area contributed by atoms with E-state index in [1.165, 1.54) is 16.7 Å². The molecular weight excluding hydrogens is 330 g/mol. The number of nitrogens with one attached hydrogen (secondary N) is 1. The van der Waals surface area contributed by atoms with Crippen LogP contribution in [-0.4, -0.2) is 29.9 Å². The SMILES string of the molecule is N#CCSCC(=O)N1CC(=O)Nc2ccc(Br)cc21. The Labute approximate surface area is 123 Å². The van der Waals surface area contributed by atoms with Crippen molar-refractivity contribution >= 4 is 50.9 Å². The van der Waals surface area contributed by atoms with Crippen molar-refractivity contribution in [2.75, 3.05) is 28.3 Å². The van der Waals surface area contributed by atoms with E-state index in [0.717, 1.165) is 4.47 Å². The summed E-state index contributed by atoms with van der Waals surface area (Å²) in [6.07, 6.45) is 0. The van der Waals surface area contributed by atoms with Crippen molar-refractivity contribution in [3.8, 4) is 6.07 Å². The van der Waals surface area contributed by atoms with Crippen LogP contribution in [0.3, 0.4) is 0 Å². The summed E-state index contributed by atoms with van der Waals surface area (Å²) in [5.41, 5.74) is 1.30. The molecule has 1 N–H and O–H groups in total. The Bertz CT molecular complexity index is 571. The van der Waals surface area contributed by atoms with Crippen LogP contribution in [0.2, 0.25) is 0 Å². The predicted octanol–water partition coefficient (Wildman–Crippen LogP) is 1.99. The van der Waals surface area contributed by atoms with Gasteiger partial charge < -0.3 is 10.2 Å². The molecule has 0 bridgehead atoms. The highest BCUT2D eigenvalue weighted by Gasteiger charge is 2.26. The molecule has 7 heteroatoms. The van der Waals surface area contributed by atoms with Crippen molar-refractivity contribution in [2.45, 2.75) is 0 Å². The van der Waals surface area contributed by atoms with Gasteiger partial charge in [-0.05, 0) is 18.2 Å². The van der Waals surface area contributed by atoms with Gasteiger partial charge in [0.2, 0.25) is 11.8 Å². The molecule has 0 aliphatic carbocycles. The van der Waals surface area contributed by atoms with E-state index in [-0.39, 0.29) is 29.9 Å². The molecular formula is C12H10BrN3O2S. The quantitative estimate of drug-likeness (QED) is 0.854. The topological polar surface area (TPSA) is 73.2 Å². The first kappa shape index (κ1) is 13.9. The summed E-state index contributed by atoms with van der Waals surface area (Å²) >= 11 is 4.59. The van der Waals surface area contributed by atoms with Crippen LogP contribution in [0.4, 0.5) is 11.4 Å². The lowest BCUT2D eigenvalue weighted by atomic mass is 10.2. The van der Waals surface area contributed by atoms with Gasteiger partial charge >= 0.3 is 0 Å². The molecule has 19 heavy (non-hydrogen) atoms. The number of halogens is 1. The zero-order valence-corrected chi connectivity index (χ0v) is 12.3. The van der Waals surface area contributed by atoms with Crippen molar-refractivity contribution in [2.24, 2.45) is 0 Å². The zero-order chi connectivity index (χ0) is 13.8. The molecule has 1 aliphatic heterocycles. The average molecular weight is 340 g/mol. The van der Waals surface area contributed by atoms with Gasteiger partial charge in [0.15, 0.2) is 0 Å². The number of benzene rings is 1. The predicted molar refractivity (Wildman–Crippen MR) is 78.1 cm³/mol. The molecule has 2 rings (SSSR count). The number of carbonyl (C=O) groups is 2. The Morgan fingerprint density at radius 1 is 1.58 bits per heavy atom. The van der Waals surface area contributed by atoms with Gasteiger partial charge in [0.05, 0.1) is 28.9 Å². The first-order valence-electron chi connectivity index (χ1n) is 5.46. The van der Waals surface area contributed by atoms with Crippen LogP contribution >= 0.6 is 27.7 Å². The van der Waals surface area contributed by atoms with Gasteiger partial charge in [-0.1, -0.05) is 15.9 Å². The summed E-state index contributed by atoms with van der Waals surface area (Å²) in [4.78, 5) is 25.1. The number of fused-ring (bicyclic) bond motifs is 1. The fourth-order valence-corrected chi connectivity index (χ4v) is 2.61. The smallest absolute Gasteiger partial charge is 0.244 e. The maximum absolute atomic E-state index is 12.1. The van der Waals surface area contributed by atoms with Crippen LogP contribution in [0.1, 0.15) is 0 Å². The van der Waals surface area contributed by atoms with Gasteiger partial charge in [0.1, 0.15) is 6.54 Å². The third-order valence-electron chi connectivity index (χ3n) is 2.52. The molecule has 98 valence electrons. The monoisotopic (exact) mass is 339 g/mol. The van der Waals surface area contributed by atoms with E-state index in [1.54, 1.807) is 18.2 Å². The number of nitriles is 1. The number of carbonyl (C=O) groups excluding carboxylic acids is 2. The van der Waals surface area contributed by atoms with Crippen LogP contribution < -0.4 is 10.2 Å². The van der Waals surface area contributed by atoms with E-state index < -0.39 is 0 Å². The molecule has 0 atom stereocenters. The highest BCUT2D eigenvalue weighted by Crippen LogP contribution is 2.32. The van der Waals surface area contributed by atoms with Crippen LogP contribution in [0, 0.1) is 11.3 Å². The van der Waals surface area contributed by atoms with E-state index in [9.17, 15) is 9.59 Å².